The molecule has 112 valence electrons. The van der Waals surface area contributed by atoms with Crippen molar-refractivity contribution in [3.05, 3.63) is 76.5 Å². The van der Waals surface area contributed by atoms with Crippen molar-refractivity contribution in [3.63, 3.8) is 0 Å². The Labute approximate surface area is 134 Å². The zero-order valence-corrected chi connectivity index (χ0v) is 13.0. The number of anilines is 1. The summed E-state index contributed by atoms with van der Waals surface area (Å²) >= 11 is 6.00. The molecule has 0 bridgehead atoms. The third-order valence-electron chi connectivity index (χ3n) is 3.34. The lowest BCUT2D eigenvalue weighted by Crippen LogP contribution is -2.01. The second kappa shape index (κ2) is 6.62. The van der Waals surface area contributed by atoms with Crippen molar-refractivity contribution in [1.82, 2.24) is 10.2 Å². The van der Waals surface area contributed by atoms with E-state index in [-0.39, 0.29) is 0 Å². The predicted molar refractivity (Wildman–Crippen MR) is 87.1 cm³/mol. The molecule has 3 rings (SSSR count). The summed E-state index contributed by atoms with van der Waals surface area (Å²) in [7, 11) is 0. The van der Waals surface area contributed by atoms with Gasteiger partial charge in [0.2, 0.25) is 11.8 Å². The van der Waals surface area contributed by atoms with Crippen LogP contribution in [0.1, 0.15) is 22.9 Å². The highest BCUT2D eigenvalue weighted by atomic mass is 35.5. The Morgan fingerprint density at radius 1 is 1.05 bits per heavy atom. The van der Waals surface area contributed by atoms with Gasteiger partial charge in [-0.25, -0.2) is 0 Å². The molecule has 0 saturated carbocycles. The molecule has 1 aromatic heterocycles. The summed E-state index contributed by atoms with van der Waals surface area (Å²) in [6, 6.07) is 15.8. The van der Waals surface area contributed by atoms with Gasteiger partial charge in [-0.3, -0.25) is 0 Å². The van der Waals surface area contributed by atoms with Crippen LogP contribution in [-0.2, 0) is 13.0 Å². The molecular formula is C17H16ClN3O. The average Bonchev–Trinajstić information content (AvgIpc) is 2.97. The monoisotopic (exact) mass is 313 g/mol. The summed E-state index contributed by atoms with van der Waals surface area (Å²) in [6.45, 7) is 2.50. The lowest BCUT2D eigenvalue weighted by atomic mass is 10.2. The van der Waals surface area contributed by atoms with Crippen LogP contribution in [0.3, 0.4) is 0 Å². The van der Waals surface area contributed by atoms with Crippen LogP contribution in [-0.4, -0.2) is 10.2 Å². The maximum Gasteiger partial charge on any atom is 0.235 e. The number of rotatable bonds is 5. The summed E-state index contributed by atoms with van der Waals surface area (Å²) in [6.07, 6.45) is 0.643. The number of benzene rings is 2. The Balaban J connectivity index is 1.63. The van der Waals surface area contributed by atoms with Crippen LogP contribution in [0.25, 0.3) is 0 Å². The van der Waals surface area contributed by atoms with E-state index in [4.69, 9.17) is 16.0 Å². The number of halogens is 1. The molecule has 0 aliphatic rings. The first-order valence-corrected chi connectivity index (χ1v) is 7.44. The molecule has 0 fully saturated rings. The molecule has 0 radical (unpaired) electrons. The van der Waals surface area contributed by atoms with Gasteiger partial charge in [-0.2, -0.15) is 0 Å². The molecule has 0 amide bonds. The molecule has 5 heteroatoms. The third-order valence-corrected chi connectivity index (χ3v) is 3.57. The SMILES string of the molecule is Cc1ccc(Cl)cc1NCc1nnc(Cc2ccccc2)o1. The van der Waals surface area contributed by atoms with E-state index < -0.39 is 0 Å². The van der Waals surface area contributed by atoms with Crippen molar-refractivity contribution < 1.29 is 4.42 Å². The smallest absolute Gasteiger partial charge is 0.235 e. The van der Waals surface area contributed by atoms with E-state index in [1.807, 2.05) is 55.5 Å². The van der Waals surface area contributed by atoms with Crippen LogP contribution >= 0.6 is 11.6 Å². The van der Waals surface area contributed by atoms with Gasteiger partial charge in [0, 0.05) is 10.7 Å². The van der Waals surface area contributed by atoms with Crippen molar-refractivity contribution in [2.75, 3.05) is 5.32 Å². The normalized spacial score (nSPS) is 10.6. The van der Waals surface area contributed by atoms with E-state index in [1.165, 1.54) is 0 Å². The fraction of sp³-hybridized carbons (Fsp3) is 0.176. The van der Waals surface area contributed by atoms with Crippen molar-refractivity contribution in [1.29, 1.82) is 0 Å². The van der Waals surface area contributed by atoms with Gasteiger partial charge in [0.1, 0.15) is 0 Å². The molecular weight excluding hydrogens is 298 g/mol. The van der Waals surface area contributed by atoms with Gasteiger partial charge in [-0.05, 0) is 30.2 Å². The fourth-order valence-electron chi connectivity index (χ4n) is 2.16. The van der Waals surface area contributed by atoms with Gasteiger partial charge in [0.15, 0.2) is 0 Å². The van der Waals surface area contributed by atoms with Gasteiger partial charge in [-0.15, -0.1) is 10.2 Å². The Bertz CT molecular complexity index is 756. The highest BCUT2D eigenvalue weighted by molar-refractivity contribution is 6.30. The largest absolute Gasteiger partial charge is 0.423 e. The van der Waals surface area contributed by atoms with Gasteiger partial charge in [0.05, 0.1) is 13.0 Å². The van der Waals surface area contributed by atoms with Crippen molar-refractivity contribution in [2.24, 2.45) is 0 Å². The molecule has 0 aliphatic heterocycles. The van der Waals surface area contributed by atoms with E-state index in [0.29, 0.717) is 29.8 Å². The third kappa shape index (κ3) is 3.65. The van der Waals surface area contributed by atoms with Gasteiger partial charge < -0.3 is 9.73 Å². The van der Waals surface area contributed by atoms with Crippen molar-refractivity contribution in [3.8, 4) is 0 Å². The maximum atomic E-state index is 6.00. The summed E-state index contributed by atoms with van der Waals surface area (Å²) in [5.74, 6) is 1.18. The highest BCUT2D eigenvalue weighted by Crippen LogP contribution is 2.20. The molecule has 0 spiro atoms. The zero-order chi connectivity index (χ0) is 15.4. The summed E-state index contributed by atoms with van der Waals surface area (Å²) in [4.78, 5) is 0. The van der Waals surface area contributed by atoms with E-state index in [1.54, 1.807) is 0 Å². The van der Waals surface area contributed by atoms with Crippen LogP contribution in [0.2, 0.25) is 5.02 Å². The van der Waals surface area contributed by atoms with Crippen LogP contribution in [0.5, 0.6) is 0 Å². The maximum absolute atomic E-state index is 6.00. The Hall–Kier alpha value is -2.33. The minimum atomic E-state index is 0.475. The summed E-state index contributed by atoms with van der Waals surface area (Å²) in [5.41, 5.74) is 3.24. The number of hydrogen-bond donors (Lipinski definition) is 1. The number of hydrogen-bond acceptors (Lipinski definition) is 4. The predicted octanol–water partition coefficient (Wildman–Crippen LogP) is 4.23. The first-order chi connectivity index (χ1) is 10.7. The molecule has 0 aliphatic carbocycles. The molecule has 0 saturated heterocycles. The minimum Gasteiger partial charge on any atom is -0.423 e. The standard InChI is InChI=1S/C17H16ClN3O/c1-12-7-8-14(18)10-15(12)19-11-17-21-20-16(22-17)9-13-5-3-2-4-6-13/h2-8,10,19H,9,11H2,1H3. The number of aryl methyl sites for hydroxylation is 1. The van der Waals surface area contributed by atoms with E-state index in [9.17, 15) is 0 Å². The van der Waals surface area contributed by atoms with Crippen molar-refractivity contribution >= 4 is 17.3 Å². The first kappa shape index (κ1) is 14.6. The molecule has 3 aromatic rings. The second-order valence-electron chi connectivity index (χ2n) is 5.06. The molecule has 22 heavy (non-hydrogen) atoms. The Morgan fingerprint density at radius 3 is 2.64 bits per heavy atom. The molecule has 1 heterocycles. The molecule has 4 nitrogen and oxygen atoms in total. The van der Waals surface area contributed by atoms with Gasteiger partial charge in [0.25, 0.3) is 0 Å². The van der Waals surface area contributed by atoms with Gasteiger partial charge in [-0.1, -0.05) is 48.0 Å². The van der Waals surface area contributed by atoms with Crippen molar-refractivity contribution in [2.45, 2.75) is 19.9 Å². The summed E-state index contributed by atoms with van der Waals surface area (Å²) < 4.78 is 5.66. The average molecular weight is 314 g/mol. The van der Waals surface area contributed by atoms with Crippen LogP contribution in [0.15, 0.2) is 52.9 Å². The number of nitrogens with zero attached hydrogens (tertiary/aromatic N) is 2. The summed E-state index contributed by atoms with van der Waals surface area (Å²) in [5, 5.41) is 12.1. The lowest BCUT2D eigenvalue weighted by molar-refractivity contribution is 0.464. The topological polar surface area (TPSA) is 51.0 Å². The number of aromatic nitrogens is 2. The Kier molecular flexibility index (Phi) is 4.39. The van der Waals surface area contributed by atoms with Crippen LogP contribution in [0, 0.1) is 6.92 Å². The fourth-order valence-corrected chi connectivity index (χ4v) is 2.33. The quantitative estimate of drug-likeness (QED) is 0.765. The minimum absolute atomic E-state index is 0.475. The molecule has 2 aromatic carbocycles. The second-order valence-corrected chi connectivity index (χ2v) is 5.50. The molecule has 0 atom stereocenters. The first-order valence-electron chi connectivity index (χ1n) is 7.06. The van der Waals surface area contributed by atoms with Gasteiger partial charge >= 0.3 is 0 Å². The Morgan fingerprint density at radius 2 is 1.82 bits per heavy atom. The highest BCUT2D eigenvalue weighted by Gasteiger charge is 2.07. The molecule has 0 unspecified atom stereocenters. The van der Waals surface area contributed by atoms with E-state index in [2.05, 4.69) is 15.5 Å². The molecule has 1 N–H and O–H groups in total. The van der Waals surface area contributed by atoms with E-state index in [0.717, 1.165) is 16.8 Å². The zero-order valence-electron chi connectivity index (χ0n) is 12.2. The van der Waals surface area contributed by atoms with Crippen LogP contribution in [0.4, 0.5) is 5.69 Å². The lowest BCUT2D eigenvalue weighted by Gasteiger charge is -2.07. The number of nitrogens with one attached hydrogen (secondary N) is 1. The van der Waals surface area contributed by atoms with Crippen LogP contribution < -0.4 is 5.32 Å². The van der Waals surface area contributed by atoms with E-state index >= 15 is 0 Å².